The van der Waals surface area contributed by atoms with Crippen LogP contribution in [0.4, 0.5) is 0 Å². The lowest BCUT2D eigenvalue weighted by Gasteiger charge is -2.16. The molecule has 2 aromatic carbocycles. The van der Waals surface area contributed by atoms with Gasteiger partial charge in [-0.05, 0) is 71.5 Å². The van der Waals surface area contributed by atoms with E-state index in [4.69, 9.17) is 0 Å². The van der Waals surface area contributed by atoms with Crippen LogP contribution >= 0.6 is 0 Å². The largest absolute Gasteiger partial charge is 0.315 e. The first-order valence-corrected chi connectivity index (χ1v) is 14.1. The molecule has 2 rings (SSSR count). The van der Waals surface area contributed by atoms with Crippen molar-refractivity contribution in [3.8, 4) is 0 Å². The minimum Gasteiger partial charge on any atom is -0.315 e. The molecule has 0 radical (unpaired) electrons. The summed E-state index contributed by atoms with van der Waals surface area (Å²) < 4.78 is 54.9. The van der Waals surface area contributed by atoms with Crippen LogP contribution in [0.3, 0.4) is 0 Å². The van der Waals surface area contributed by atoms with Crippen molar-refractivity contribution in [2.24, 2.45) is 0 Å². The van der Waals surface area contributed by atoms with Crippen LogP contribution in [0.1, 0.15) is 31.4 Å². The third-order valence-electron chi connectivity index (χ3n) is 4.98. The summed E-state index contributed by atoms with van der Waals surface area (Å²) in [6, 6.07) is 13.0. The molecule has 0 amide bonds. The molecule has 0 aromatic heterocycles. The summed E-state index contributed by atoms with van der Waals surface area (Å²) in [5, 5.41) is 6.48. The van der Waals surface area contributed by atoms with Gasteiger partial charge in [0, 0.05) is 25.2 Å². The number of aryl methyl sites for hydroxylation is 2. The molecule has 0 saturated carbocycles. The van der Waals surface area contributed by atoms with Crippen LogP contribution in [0.2, 0.25) is 0 Å². The Labute approximate surface area is 198 Å². The Morgan fingerprint density at radius 3 is 1.30 bits per heavy atom. The van der Waals surface area contributed by atoms with Crippen molar-refractivity contribution < 1.29 is 16.8 Å². The molecule has 33 heavy (non-hydrogen) atoms. The molecule has 2 aromatic rings. The highest BCUT2D eigenvalue weighted by Crippen LogP contribution is 2.11. The first-order valence-electron chi connectivity index (χ1n) is 11.1. The Bertz CT molecular complexity index is 983. The summed E-state index contributed by atoms with van der Waals surface area (Å²) in [6.45, 7) is 9.92. The molecule has 0 bridgehead atoms. The van der Waals surface area contributed by atoms with Crippen molar-refractivity contribution in [3.63, 3.8) is 0 Å². The predicted octanol–water partition coefficient (Wildman–Crippen LogP) is 1.91. The first kappa shape index (κ1) is 27.4. The molecular weight excluding hydrogens is 460 g/mol. The minimum atomic E-state index is -3.53. The Morgan fingerprint density at radius 1 is 0.636 bits per heavy atom. The number of benzene rings is 2. The first-order chi connectivity index (χ1) is 15.5. The molecule has 184 valence electrons. The van der Waals surface area contributed by atoms with Crippen LogP contribution < -0.4 is 20.1 Å². The highest BCUT2D eigenvalue weighted by atomic mass is 32.2. The number of hydrogen-bond acceptors (Lipinski definition) is 6. The molecular formula is C23H36N4O4S2. The molecule has 0 aliphatic carbocycles. The van der Waals surface area contributed by atoms with Gasteiger partial charge in [0.25, 0.3) is 0 Å². The van der Waals surface area contributed by atoms with Crippen LogP contribution in [0.15, 0.2) is 58.3 Å². The lowest BCUT2D eigenvalue weighted by atomic mass is 10.2. The maximum absolute atomic E-state index is 12.4. The van der Waals surface area contributed by atoms with E-state index in [2.05, 4.69) is 20.1 Å². The molecule has 2 atom stereocenters. The third-order valence-corrected chi connectivity index (χ3v) is 8.19. The van der Waals surface area contributed by atoms with Gasteiger partial charge in [-0.2, -0.15) is 0 Å². The molecule has 0 aliphatic heterocycles. The summed E-state index contributed by atoms with van der Waals surface area (Å²) >= 11 is 0. The van der Waals surface area contributed by atoms with E-state index in [1.54, 1.807) is 48.5 Å². The molecule has 0 unspecified atom stereocenters. The SMILES string of the molecule is Cc1ccc(S(=O)(=O)N[C@@H](C)CNCCCNC[C@H](C)NS(=O)(=O)c2ccc(C)cc2)cc1. The standard InChI is InChI=1S/C23H36N4O4S2/c1-18-6-10-22(11-7-18)32(28,29)26-20(3)16-24-14-5-15-25-17-21(4)27-33(30,31)23-12-8-19(2)9-13-23/h6-13,20-21,24-27H,5,14-17H2,1-4H3/t20-,21-/m0/s1. The van der Waals surface area contributed by atoms with Gasteiger partial charge in [0.05, 0.1) is 9.79 Å². The summed E-state index contributed by atoms with van der Waals surface area (Å²) in [7, 11) is -7.07. The average Bonchev–Trinajstić information content (AvgIpc) is 2.73. The maximum atomic E-state index is 12.4. The van der Waals surface area contributed by atoms with Gasteiger partial charge in [-0.3, -0.25) is 0 Å². The number of nitrogens with one attached hydrogen (secondary N) is 4. The Hall–Kier alpha value is -1.82. The molecule has 0 aliphatic rings. The molecule has 0 spiro atoms. The van der Waals surface area contributed by atoms with Gasteiger partial charge in [0.15, 0.2) is 0 Å². The van der Waals surface area contributed by atoms with Crippen molar-refractivity contribution in [2.45, 2.75) is 56.0 Å². The van der Waals surface area contributed by atoms with E-state index >= 15 is 0 Å². The Kier molecular flexibility index (Phi) is 10.5. The number of rotatable bonds is 14. The number of sulfonamides is 2. The summed E-state index contributed by atoms with van der Waals surface area (Å²) in [4.78, 5) is 0.521. The second-order valence-corrected chi connectivity index (χ2v) is 11.9. The smallest absolute Gasteiger partial charge is 0.240 e. The molecule has 0 fully saturated rings. The topological polar surface area (TPSA) is 116 Å². The lowest BCUT2D eigenvalue weighted by Crippen LogP contribution is -2.41. The van der Waals surface area contributed by atoms with Crippen molar-refractivity contribution in [1.29, 1.82) is 0 Å². The van der Waals surface area contributed by atoms with E-state index in [1.165, 1.54) is 0 Å². The predicted molar refractivity (Wildman–Crippen MR) is 132 cm³/mol. The second kappa shape index (κ2) is 12.6. The van der Waals surface area contributed by atoms with Crippen molar-refractivity contribution in [2.75, 3.05) is 26.2 Å². The van der Waals surface area contributed by atoms with E-state index in [0.29, 0.717) is 26.2 Å². The summed E-state index contributed by atoms with van der Waals surface area (Å²) in [6.07, 6.45) is 0.828. The van der Waals surface area contributed by atoms with Crippen molar-refractivity contribution in [1.82, 2.24) is 20.1 Å². The van der Waals surface area contributed by atoms with E-state index in [9.17, 15) is 16.8 Å². The summed E-state index contributed by atoms with van der Waals surface area (Å²) in [5.41, 5.74) is 2.02. The third kappa shape index (κ3) is 9.52. The monoisotopic (exact) mass is 496 g/mol. The molecule has 0 saturated heterocycles. The van der Waals surface area contributed by atoms with Gasteiger partial charge in [-0.15, -0.1) is 0 Å². The van der Waals surface area contributed by atoms with E-state index in [-0.39, 0.29) is 21.9 Å². The van der Waals surface area contributed by atoms with Crippen molar-refractivity contribution >= 4 is 20.0 Å². The lowest BCUT2D eigenvalue weighted by molar-refractivity contribution is 0.512. The highest BCUT2D eigenvalue weighted by molar-refractivity contribution is 7.89. The van der Waals surface area contributed by atoms with Crippen LogP contribution in [0.5, 0.6) is 0 Å². The van der Waals surface area contributed by atoms with Crippen LogP contribution in [-0.2, 0) is 20.0 Å². The molecule has 0 heterocycles. The van der Waals surface area contributed by atoms with Gasteiger partial charge in [-0.25, -0.2) is 26.3 Å². The van der Waals surface area contributed by atoms with Gasteiger partial charge in [-0.1, -0.05) is 35.4 Å². The quantitative estimate of drug-likeness (QED) is 0.297. The molecule has 8 nitrogen and oxygen atoms in total. The zero-order chi connectivity index (χ0) is 24.5. The van der Waals surface area contributed by atoms with Crippen LogP contribution in [-0.4, -0.2) is 55.1 Å². The van der Waals surface area contributed by atoms with Crippen LogP contribution in [0, 0.1) is 13.8 Å². The Morgan fingerprint density at radius 2 is 0.970 bits per heavy atom. The van der Waals surface area contributed by atoms with Gasteiger partial charge < -0.3 is 10.6 Å². The zero-order valence-corrected chi connectivity index (χ0v) is 21.4. The highest BCUT2D eigenvalue weighted by Gasteiger charge is 2.18. The van der Waals surface area contributed by atoms with E-state index in [1.807, 2.05) is 27.7 Å². The van der Waals surface area contributed by atoms with Crippen LogP contribution in [0.25, 0.3) is 0 Å². The molecule has 10 heteroatoms. The fourth-order valence-electron chi connectivity index (χ4n) is 3.16. The fourth-order valence-corrected chi connectivity index (χ4v) is 5.65. The van der Waals surface area contributed by atoms with Gasteiger partial charge in [0.1, 0.15) is 0 Å². The Balaban J connectivity index is 1.60. The maximum Gasteiger partial charge on any atom is 0.240 e. The second-order valence-electron chi connectivity index (χ2n) is 8.43. The fraction of sp³-hybridized carbons (Fsp3) is 0.478. The van der Waals surface area contributed by atoms with E-state index < -0.39 is 20.0 Å². The molecule has 4 N–H and O–H groups in total. The number of hydrogen-bond donors (Lipinski definition) is 4. The van der Waals surface area contributed by atoms with Gasteiger partial charge >= 0.3 is 0 Å². The van der Waals surface area contributed by atoms with E-state index in [0.717, 1.165) is 17.5 Å². The van der Waals surface area contributed by atoms with Crippen molar-refractivity contribution in [3.05, 3.63) is 59.7 Å². The average molecular weight is 497 g/mol. The normalized spacial score (nSPS) is 14.2. The zero-order valence-electron chi connectivity index (χ0n) is 19.8. The summed E-state index contributed by atoms with van der Waals surface area (Å²) in [5.74, 6) is 0. The minimum absolute atomic E-state index is 0.250. The van der Waals surface area contributed by atoms with Gasteiger partial charge in [0.2, 0.25) is 20.0 Å².